The van der Waals surface area contributed by atoms with Gasteiger partial charge in [0.1, 0.15) is 5.65 Å². The lowest BCUT2D eigenvalue weighted by Gasteiger charge is -2.31. The van der Waals surface area contributed by atoms with E-state index in [1.165, 1.54) is 53.8 Å². The molecule has 5 rings (SSSR count). The smallest absolute Gasteiger partial charge is 0.140 e. The van der Waals surface area contributed by atoms with Gasteiger partial charge in [-0.2, -0.15) is 0 Å². The first-order chi connectivity index (χ1) is 12.7. The predicted molar refractivity (Wildman–Crippen MR) is 107 cm³/mol. The predicted octanol–water partition coefficient (Wildman–Crippen LogP) is 4.93. The van der Waals surface area contributed by atoms with Gasteiger partial charge < -0.3 is 4.57 Å². The molecule has 0 radical (unpaired) electrons. The van der Waals surface area contributed by atoms with E-state index in [4.69, 9.17) is 16.6 Å². The van der Waals surface area contributed by atoms with Crippen LogP contribution in [0.4, 0.5) is 0 Å². The zero-order valence-corrected chi connectivity index (χ0v) is 16.0. The minimum Gasteiger partial charge on any atom is -0.329 e. The molecular formula is C22H24ClN3. The fraction of sp³-hybridized carbons (Fsp3) is 0.409. The third kappa shape index (κ3) is 2.65. The van der Waals surface area contributed by atoms with Crippen molar-refractivity contribution in [3.8, 4) is 0 Å². The highest BCUT2D eigenvalue weighted by Crippen LogP contribution is 2.42. The summed E-state index contributed by atoms with van der Waals surface area (Å²) >= 11 is 6.03. The number of rotatable bonds is 3. The van der Waals surface area contributed by atoms with Crippen LogP contribution in [0.3, 0.4) is 0 Å². The molecule has 1 unspecified atom stereocenters. The maximum absolute atomic E-state index is 6.03. The molecule has 2 aliphatic rings. The Hall–Kier alpha value is -1.84. The molecule has 26 heavy (non-hydrogen) atoms. The molecule has 3 aromatic rings. The normalized spacial score (nSPS) is 19.7. The highest BCUT2D eigenvalue weighted by atomic mass is 35.5. The minimum atomic E-state index is 0.599. The highest BCUT2D eigenvalue weighted by molar-refractivity contribution is 6.30. The molecule has 0 amide bonds. The third-order valence-electron chi connectivity index (χ3n) is 6.06. The van der Waals surface area contributed by atoms with Gasteiger partial charge in [0.25, 0.3) is 0 Å². The molecule has 4 heteroatoms. The van der Waals surface area contributed by atoms with E-state index in [-0.39, 0.29) is 0 Å². The van der Waals surface area contributed by atoms with Crippen molar-refractivity contribution >= 4 is 22.6 Å². The van der Waals surface area contributed by atoms with Crippen molar-refractivity contribution in [2.75, 3.05) is 13.1 Å². The molecule has 1 saturated heterocycles. The van der Waals surface area contributed by atoms with Crippen molar-refractivity contribution in [2.24, 2.45) is 0 Å². The topological polar surface area (TPSA) is 21.1 Å². The van der Waals surface area contributed by atoms with E-state index in [0.717, 1.165) is 24.4 Å². The van der Waals surface area contributed by atoms with E-state index in [1.54, 1.807) is 5.56 Å². The van der Waals surface area contributed by atoms with Crippen LogP contribution in [0, 0.1) is 6.92 Å². The zero-order valence-electron chi connectivity index (χ0n) is 15.2. The maximum Gasteiger partial charge on any atom is 0.140 e. The van der Waals surface area contributed by atoms with Crippen molar-refractivity contribution in [3.63, 3.8) is 0 Å². The fourth-order valence-electron chi connectivity index (χ4n) is 4.85. The SMILES string of the molecule is Cc1cnc2c(c1)c1c(n2CCc2ccc(Cl)cc2)CCN2CCCC12. The number of nitrogens with zero attached hydrogens (tertiary/aromatic N) is 3. The summed E-state index contributed by atoms with van der Waals surface area (Å²) in [7, 11) is 0. The molecule has 1 fully saturated rings. The average Bonchev–Trinajstić information content (AvgIpc) is 3.23. The molecule has 2 aromatic heterocycles. The van der Waals surface area contributed by atoms with Crippen LogP contribution in [0.5, 0.6) is 0 Å². The van der Waals surface area contributed by atoms with Gasteiger partial charge in [0.2, 0.25) is 0 Å². The molecule has 0 N–H and O–H groups in total. The number of benzene rings is 1. The molecule has 4 heterocycles. The van der Waals surface area contributed by atoms with E-state index >= 15 is 0 Å². The number of aryl methyl sites for hydroxylation is 3. The highest BCUT2D eigenvalue weighted by Gasteiger charge is 2.35. The fourth-order valence-corrected chi connectivity index (χ4v) is 4.97. The number of halogens is 1. The van der Waals surface area contributed by atoms with Crippen molar-refractivity contribution in [2.45, 2.75) is 45.2 Å². The van der Waals surface area contributed by atoms with Crippen molar-refractivity contribution in [1.82, 2.24) is 14.5 Å². The van der Waals surface area contributed by atoms with Gasteiger partial charge in [0.15, 0.2) is 0 Å². The lowest BCUT2D eigenvalue weighted by Crippen LogP contribution is -2.31. The first-order valence-corrected chi connectivity index (χ1v) is 10.0. The Morgan fingerprint density at radius 2 is 2.04 bits per heavy atom. The molecule has 0 spiro atoms. The number of hydrogen-bond donors (Lipinski definition) is 0. The van der Waals surface area contributed by atoms with Gasteiger partial charge in [-0.15, -0.1) is 0 Å². The summed E-state index contributed by atoms with van der Waals surface area (Å²) in [6, 6.07) is 11.2. The van der Waals surface area contributed by atoms with E-state index in [0.29, 0.717) is 6.04 Å². The van der Waals surface area contributed by atoms with E-state index < -0.39 is 0 Å². The molecule has 1 atom stereocenters. The third-order valence-corrected chi connectivity index (χ3v) is 6.31. The Labute approximate surface area is 159 Å². The summed E-state index contributed by atoms with van der Waals surface area (Å²) in [5.41, 5.74) is 6.84. The van der Waals surface area contributed by atoms with Crippen LogP contribution in [0.2, 0.25) is 5.02 Å². The molecule has 134 valence electrons. The van der Waals surface area contributed by atoms with Gasteiger partial charge in [0.05, 0.1) is 0 Å². The maximum atomic E-state index is 6.03. The first-order valence-electron chi connectivity index (χ1n) is 9.67. The van der Waals surface area contributed by atoms with Gasteiger partial charge in [-0.3, -0.25) is 4.90 Å². The summed E-state index contributed by atoms with van der Waals surface area (Å²) < 4.78 is 2.49. The van der Waals surface area contributed by atoms with Crippen LogP contribution in [-0.4, -0.2) is 27.5 Å². The zero-order chi connectivity index (χ0) is 17.7. The molecule has 3 nitrogen and oxygen atoms in total. The molecule has 0 bridgehead atoms. The molecular weight excluding hydrogens is 342 g/mol. The second-order valence-corrected chi connectivity index (χ2v) is 8.15. The van der Waals surface area contributed by atoms with Crippen molar-refractivity contribution in [1.29, 1.82) is 0 Å². The average molecular weight is 366 g/mol. The lowest BCUT2D eigenvalue weighted by molar-refractivity contribution is 0.242. The second kappa shape index (κ2) is 6.40. The summed E-state index contributed by atoms with van der Waals surface area (Å²) in [6.07, 6.45) is 6.77. The molecule has 1 aromatic carbocycles. The molecule has 0 aliphatic carbocycles. The van der Waals surface area contributed by atoms with Crippen LogP contribution in [0.1, 0.15) is 41.3 Å². The lowest BCUT2D eigenvalue weighted by atomic mass is 9.96. The van der Waals surface area contributed by atoms with Crippen LogP contribution >= 0.6 is 11.6 Å². The molecule has 2 aliphatic heterocycles. The summed E-state index contributed by atoms with van der Waals surface area (Å²) in [5.74, 6) is 0. The van der Waals surface area contributed by atoms with Crippen LogP contribution in [-0.2, 0) is 19.4 Å². The van der Waals surface area contributed by atoms with Crippen molar-refractivity contribution in [3.05, 3.63) is 63.9 Å². The van der Waals surface area contributed by atoms with E-state index in [1.807, 2.05) is 18.3 Å². The number of aromatic nitrogens is 2. The Balaban J connectivity index is 1.57. The largest absolute Gasteiger partial charge is 0.329 e. The minimum absolute atomic E-state index is 0.599. The van der Waals surface area contributed by atoms with E-state index in [2.05, 4.69) is 34.6 Å². The Kier molecular flexibility index (Phi) is 4.02. The van der Waals surface area contributed by atoms with Gasteiger partial charge in [-0.05, 0) is 67.6 Å². The van der Waals surface area contributed by atoms with Crippen LogP contribution < -0.4 is 0 Å². The Morgan fingerprint density at radius 3 is 2.88 bits per heavy atom. The first kappa shape index (κ1) is 16.3. The Bertz CT molecular complexity index is 958. The monoisotopic (exact) mass is 365 g/mol. The van der Waals surface area contributed by atoms with Gasteiger partial charge >= 0.3 is 0 Å². The summed E-state index contributed by atoms with van der Waals surface area (Å²) in [4.78, 5) is 7.52. The summed E-state index contributed by atoms with van der Waals surface area (Å²) in [5, 5.41) is 2.18. The van der Waals surface area contributed by atoms with Crippen LogP contribution in [0.15, 0.2) is 36.5 Å². The van der Waals surface area contributed by atoms with Crippen molar-refractivity contribution < 1.29 is 0 Å². The summed E-state index contributed by atoms with van der Waals surface area (Å²) in [6.45, 7) is 5.57. The second-order valence-electron chi connectivity index (χ2n) is 7.72. The number of fused-ring (bicyclic) bond motifs is 5. The van der Waals surface area contributed by atoms with E-state index in [9.17, 15) is 0 Å². The van der Waals surface area contributed by atoms with Gasteiger partial charge in [0, 0.05) is 47.9 Å². The van der Waals surface area contributed by atoms with Gasteiger partial charge in [-0.25, -0.2) is 4.98 Å². The number of pyridine rings is 1. The quantitative estimate of drug-likeness (QED) is 0.655. The number of hydrogen-bond acceptors (Lipinski definition) is 2. The Morgan fingerprint density at radius 1 is 1.19 bits per heavy atom. The standard InChI is InChI=1S/C22H24ClN3/c1-15-13-18-21-19-3-2-10-25(19)11-9-20(21)26(22(18)24-14-15)12-8-16-4-6-17(23)7-5-16/h4-7,13-14,19H,2-3,8-12H2,1H3. The molecule has 0 saturated carbocycles. The van der Waals surface area contributed by atoms with Gasteiger partial charge in [-0.1, -0.05) is 23.7 Å². The van der Waals surface area contributed by atoms with Crippen LogP contribution in [0.25, 0.3) is 11.0 Å².